The lowest BCUT2D eigenvalue weighted by atomic mass is 9.87. The lowest BCUT2D eigenvalue weighted by Gasteiger charge is -2.36. The Bertz CT molecular complexity index is 449. The first-order valence-corrected chi connectivity index (χ1v) is 8.44. The minimum absolute atomic E-state index is 0. The van der Waals surface area contributed by atoms with Crippen molar-refractivity contribution in [3.05, 3.63) is 18.5 Å². The van der Waals surface area contributed by atoms with Crippen molar-refractivity contribution in [1.82, 2.24) is 25.3 Å². The third-order valence-corrected chi connectivity index (χ3v) is 4.50. The summed E-state index contributed by atoms with van der Waals surface area (Å²) in [5, 5.41) is 10.8. The van der Waals surface area contributed by atoms with Gasteiger partial charge in [-0.2, -0.15) is 5.10 Å². The molecule has 0 spiro atoms. The lowest BCUT2D eigenvalue weighted by molar-refractivity contribution is -0.132. The van der Waals surface area contributed by atoms with Gasteiger partial charge in [-0.15, -0.1) is 24.8 Å². The highest BCUT2D eigenvalue weighted by Gasteiger charge is 2.41. The molecule has 1 saturated heterocycles. The van der Waals surface area contributed by atoms with Crippen molar-refractivity contribution < 1.29 is 4.79 Å². The Labute approximate surface area is 157 Å². The summed E-state index contributed by atoms with van der Waals surface area (Å²) in [5.74, 6) is 0.102. The minimum Gasteiger partial charge on any atom is -0.353 e. The molecule has 0 atom stereocenters. The van der Waals surface area contributed by atoms with Gasteiger partial charge in [-0.25, -0.2) is 0 Å². The smallest absolute Gasteiger partial charge is 0.248 e. The molecule has 1 aliphatic rings. The van der Waals surface area contributed by atoms with Crippen LogP contribution in [0.25, 0.3) is 0 Å². The van der Waals surface area contributed by atoms with Gasteiger partial charge in [0.25, 0.3) is 0 Å². The zero-order chi connectivity index (χ0) is 15.8. The number of carbonyl (C=O) groups is 1. The van der Waals surface area contributed by atoms with Crippen LogP contribution in [0.1, 0.15) is 33.1 Å². The number of carbonyl (C=O) groups excluding carboxylic acids is 1. The van der Waals surface area contributed by atoms with Crippen LogP contribution in [0.5, 0.6) is 0 Å². The molecule has 8 heteroatoms. The lowest BCUT2D eigenvalue weighted by Crippen LogP contribution is -2.55. The fraction of sp³-hybridized carbons (Fsp3) is 0.750. The van der Waals surface area contributed by atoms with Crippen LogP contribution in [-0.4, -0.2) is 59.9 Å². The largest absolute Gasteiger partial charge is 0.353 e. The molecule has 2 rings (SSSR count). The van der Waals surface area contributed by atoms with E-state index in [1.54, 1.807) is 6.20 Å². The van der Waals surface area contributed by atoms with E-state index in [1.807, 2.05) is 16.9 Å². The topological polar surface area (TPSA) is 62.2 Å². The molecule has 1 amide bonds. The monoisotopic (exact) mass is 379 g/mol. The second-order valence-corrected chi connectivity index (χ2v) is 5.92. The van der Waals surface area contributed by atoms with Crippen molar-refractivity contribution in [3.8, 4) is 0 Å². The van der Waals surface area contributed by atoms with Gasteiger partial charge >= 0.3 is 0 Å². The van der Waals surface area contributed by atoms with Gasteiger partial charge in [0.15, 0.2) is 0 Å². The molecule has 0 radical (unpaired) electrons. The van der Waals surface area contributed by atoms with Gasteiger partial charge in [-0.1, -0.05) is 13.8 Å². The van der Waals surface area contributed by atoms with Crippen LogP contribution in [0.2, 0.25) is 0 Å². The molecule has 0 unspecified atom stereocenters. The zero-order valence-electron chi connectivity index (χ0n) is 14.7. The van der Waals surface area contributed by atoms with Crippen molar-refractivity contribution >= 4 is 30.7 Å². The van der Waals surface area contributed by atoms with E-state index in [-0.39, 0.29) is 30.7 Å². The first-order valence-electron chi connectivity index (χ1n) is 8.44. The van der Waals surface area contributed by atoms with Crippen LogP contribution < -0.4 is 10.6 Å². The van der Waals surface area contributed by atoms with Crippen LogP contribution in [0.3, 0.4) is 0 Å². The summed E-state index contributed by atoms with van der Waals surface area (Å²) in [6.07, 6.45) is 6.36. The van der Waals surface area contributed by atoms with Crippen LogP contribution in [0.4, 0.5) is 0 Å². The average Bonchev–Trinajstić information content (AvgIpc) is 3.09. The Morgan fingerprint density at radius 1 is 1.29 bits per heavy atom. The molecule has 2 N–H and O–H groups in total. The van der Waals surface area contributed by atoms with Crippen molar-refractivity contribution in [1.29, 1.82) is 0 Å². The number of likely N-dealkylation sites (N-methyl/N-ethyl adjacent to an activating group) is 1. The third kappa shape index (κ3) is 5.62. The number of hydrogen-bond donors (Lipinski definition) is 2. The van der Waals surface area contributed by atoms with Gasteiger partial charge in [-0.05, 0) is 51.5 Å². The standard InChI is InChI=1S/C16H29N5O.2ClH/c1-3-12-20(4-2)14-11-18-15(22)16(6-9-17-10-7-16)21-13-5-8-19-21;;/h5,8,13,17H,3-4,6-7,9-12,14H2,1-2H3,(H,18,22);2*1H. The van der Waals surface area contributed by atoms with E-state index < -0.39 is 5.54 Å². The summed E-state index contributed by atoms with van der Waals surface area (Å²) >= 11 is 0. The molecule has 0 bridgehead atoms. The summed E-state index contributed by atoms with van der Waals surface area (Å²) < 4.78 is 1.84. The quantitative estimate of drug-likeness (QED) is 0.720. The maximum atomic E-state index is 12.8. The van der Waals surface area contributed by atoms with Gasteiger partial charge in [0.05, 0.1) is 0 Å². The predicted molar refractivity (Wildman–Crippen MR) is 102 cm³/mol. The molecule has 1 aromatic heterocycles. The molecule has 24 heavy (non-hydrogen) atoms. The summed E-state index contributed by atoms with van der Waals surface area (Å²) in [6, 6.07) is 1.89. The number of halogens is 2. The van der Waals surface area contributed by atoms with Crippen molar-refractivity contribution in [2.45, 2.75) is 38.6 Å². The van der Waals surface area contributed by atoms with Crippen molar-refractivity contribution in [2.75, 3.05) is 39.3 Å². The fourth-order valence-electron chi connectivity index (χ4n) is 3.16. The van der Waals surface area contributed by atoms with Gasteiger partial charge in [-0.3, -0.25) is 9.48 Å². The summed E-state index contributed by atoms with van der Waals surface area (Å²) in [7, 11) is 0. The summed E-state index contributed by atoms with van der Waals surface area (Å²) in [6.45, 7) is 9.76. The molecule has 0 aliphatic carbocycles. The van der Waals surface area contributed by atoms with E-state index in [0.29, 0.717) is 6.54 Å². The van der Waals surface area contributed by atoms with E-state index in [4.69, 9.17) is 0 Å². The predicted octanol–water partition coefficient (Wildman–Crippen LogP) is 1.65. The number of rotatable bonds is 8. The second-order valence-electron chi connectivity index (χ2n) is 5.92. The molecule has 1 aromatic rings. The Kier molecular flexibility index (Phi) is 11.3. The van der Waals surface area contributed by atoms with E-state index in [0.717, 1.165) is 52.0 Å². The van der Waals surface area contributed by atoms with Gasteiger partial charge in [0.1, 0.15) is 5.54 Å². The Morgan fingerprint density at radius 3 is 2.54 bits per heavy atom. The van der Waals surface area contributed by atoms with Gasteiger partial charge < -0.3 is 15.5 Å². The Hall–Kier alpha value is -0.820. The summed E-state index contributed by atoms with van der Waals surface area (Å²) in [4.78, 5) is 15.2. The number of amides is 1. The van der Waals surface area contributed by atoms with Gasteiger partial charge in [0, 0.05) is 25.5 Å². The van der Waals surface area contributed by atoms with Crippen LogP contribution in [0, 0.1) is 0 Å². The van der Waals surface area contributed by atoms with E-state index in [1.165, 1.54) is 0 Å². The molecular formula is C16H31Cl2N5O. The zero-order valence-corrected chi connectivity index (χ0v) is 16.3. The van der Waals surface area contributed by atoms with E-state index in [2.05, 4.69) is 34.5 Å². The van der Waals surface area contributed by atoms with E-state index >= 15 is 0 Å². The molecular weight excluding hydrogens is 349 g/mol. The average molecular weight is 380 g/mol. The van der Waals surface area contributed by atoms with Crippen LogP contribution in [-0.2, 0) is 10.3 Å². The number of nitrogens with one attached hydrogen (secondary N) is 2. The van der Waals surface area contributed by atoms with Crippen LogP contribution >= 0.6 is 24.8 Å². The molecule has 0 aromatic carbocycles. The Balaban J connectivity index is 0.00000264. The number of aromatic nitrogens is 2. The maximum Gasteiger partial charge on any atom is 0.248 e. The molecule has 2 heterocycles. The van der Waals surface area contributed by atoms with Crippen LogP contribution in [0.15, 0.2) is 18.5 Å². The van der Waals surface area contributed by atoms with E-state index in [9.17, 15) is 4.79 Å². The molecule has 0 saturated carbocycles. The maximum absolute atomic E-state index is 12.8. The third-order valence-electron chi connectivity index (χ3n) is 4.50. The highest BCUT2D eigenvalue weighted by atomic mass is 35.5. The highest BCUT2D eigenvalue weighted by molar-refractivity contribution is 5.85. The fourth-order valence-corrected chi connectivity index (χ4v) is 3.16. The van der Waals surface area contributed by atoms with Gasteiger partial charge in [0.2, 0.25) is 5.91 Å². The number of nitrogens with zero attached hydrogens (tertiary/aromatic N) is 3. The summed E-state index contributed by atoms with van der Waals surface area (Å²) in [5.41, 5.74) is -0.531. The number of hydrogen-bond acceptors (Lipinski definition) is 4. The highest BCUT2D eigenvalue weighted by Crippen LogP contribution is 2.26. The van der Waals surface area contributed by atoms with Crippen molar-refractivity contribution in [3.63, 3.8) is 0 Å². The molecule has 6 nitrogen and oxygen atoms in total. The Morgan fingerprint density at radius 2 is 2.00 bits per heavy atom. The SMILES string of the molecule is CCCN(CC)CCNC(=O)C1(n2cccn2)CCNCC1.Cl.Cl. The first-order chi connectivity index (χ1) is 10.7. The number of piperidine rings is 1. The first kappa shape index (κ1) is 23.2. The molecule has 1 fully saturated rings. The van der Waals surface area contributed by atoms with Crippen molar-refractivity contribution in [2.24, 2.45) is 0 Å². The molecule has 1 aliphatic heterocycles. The second kappa shape index (κ2) is 11.7. The molecule has 140 valence electrons. The normalized spacial score (nSPS) is 16.1. The minimum atomic E-state index is -0.531.